The van der Waals surface area contributed by atoms with E-state index in [2.05, 4.69) is 379 Å². The molecule has 20 heteroatoms. The van der Waals surface area contributed by atoms with Gasteiger partial charge in [0.25, 0.3) is 0 Å². The molecule has 0 aliphatic heterocycles. The summed E-state index contributed by atoms with van der Waals surface area (Å²) in [5.41, 5.74) is 12.0. The second-order valence-corrected chi connectivity index (χ2v) is 30.6. The third-order valence-electron chi connectivity index (χ3n) is 17.2. The van der Waals surface area contributed by atoms with Crippen molar-refractivity contribution in [3.05, 3.63) is 304 Å². The van der Waals surface area contributed by atoms with Crippen LogP contribution in [0.4, 0.5) is 0 Å². The van der Waals surface area contributed by atoms with Crippen LogP contribution in [0.3, 0.4) is 0 Å². The Bertz CT molecular complexity index is 3330. The number of benzene rings is 5. The fourth-order valence-electron chi connectivity index (χ4n) is 10.8. The summed E-state index contributed by atoms with van der Waals surface area (Å²) in [6, 6.07) is 42.3. The van der Waals surface area contributed by atoms with Crippen molar-refractivity contribution in [2.24, 2.45) is 59.2 Å². The Morgan fingerprint density at radius 1 is 0.248 bits per heavy atom. The number of hydrogen-bond acceptors (Lipinski definition) is 10. The molecule has 0 saturated carbocycles. The summed E-state index contributed by atoms with van der Waals surface area (Å²) in [7, 11) is 0. The summed E-state index contributed by atoms with van der Waals surface area (Å²) < 4.78 is 0. The summed E-state index contributed by atoms with van der Waals surface area (Å²) in [5, 5.41) is 0. The molecule has 0 aromatic heterocycles. The minimum absolute atomic E-state index is 0. The molecule has 0 unspecified atom stereocenters. The molecule has 0 saturated heterocycles. The summed E-state index contributed by atoms with van der Waals surface area (Å²) in [6.07, 6.45) is 67.0. The largest absolute Gasteiger partial charge is 1.00 e. The molecule has 0 amide bonds. The summed E-state index contributed by atoms with van der Waals surface area (Å²) in [6.45, 7) is 49.4. The molecule has 0 aliphatic rings. The number of rotatable bonds is 45. The topological polar surface area (TPSA) is 235 Å². The van der Waals surface area contributed by atoms with Gasteiger partial charge < -0.3 is 86.0 Å². The van der Waals surface area contributed by atoms with Crippen molar-refractivity contribution in [3.8, 4) is 0 Å². The minimum atomic E-state index is 0. The first-order chi connectivity index (χ1) is 52.3. The molecule has 5 aromatic carbocycles. The molecule has 5 aromatic rings. The fourth-order valence-corrected chi connectivity index (χ4v) is 10.8. The summed E-state index contributed by atoms with van der Waals surface area (Å²) >= 11 is 0. The normalized spacial score (nSPS) is 12.6. The van der Waals surface area contributed by atoms with Gasteiger partial charge in [0.05, 0.1) is 0 Å². The molecule has 670 valence electrons. The maximum atomic E-state index is 10.9. The van der Waals surface area contributed by atoms with Crippen molar-refractivity contribution in [1.82, 2.24) is 0 Å². The molecule has 5 rings (SSSR count). The van der Waals surface area contributed by atoms with Crippen molar-refractivity contribution in [2.45, 2.75) is 200 Å². The third kappa shape index (κ3) is 105. The maximum Gasteiger partial charge on any atom is 1.00 e. The minimum Gasteiger partial charge on any atom is -0.870 e. The number of carbonyl (C=O) groups is 5. The van der Waals surface area contributed by atoms with E-state index in [4.69, 9.17) is 0 Å². The molecular weight excluding hydrogens is 2770 g/mol. The van der Waals surface area contributed by atoms with Crippen LogP contribution in [0.5, 0.6) is 0 Å². The van der Waals surface area contributed by atoms with Crippen LogP contribution in [0.25, 0.3) is 60.8 Å². The van der Waals surface area contributed by atoms with E-state index in [1.54, 1.807) is 34.6 Å². The van der Waals surface area contributed by atoms with Gasteiger partial charge in [0.15, 0.2) is 0 Å². The van der Waals surface area contributed by atoms with Crippen molar-refractivity contribution in [1.29, 1.82) is 0 Å². The Hall–Kier alpha value is 3.47. The molecule has 0 spiro atoms. The van der Waals surface area contributed by atoms with Gasteiger partial charge in [0, 0.05) is 137 Å². The van der Waals surface area contributed by atoms with Crippen LogP contribution in [-0.2, 0) is 129 Å². The average molecular weight is 2910 g/mol. The SMILES string of the molecule is [CH2-][C@@H](C)/C=C/c1ccc(/C=C/[CH-][C@@H](C)CCCC(C)=O)cc1.[CH2-][C@@H](C)/C=C/c1cccc(/C=C/[CH-][C@@H](C)CCCC(C)=O)c1.[CH2-][C@@H](C)/C=C/c1cccc(/C=C/[CH-][C@@H](C)CCCC(C)=O)c1.[CH2-][C@H](C)/C=C/c1cccc(/C=C/[CH-][C@@H](C)CCCC(C)=O)c1.[CH2-][C@H](C)/C=C/c1cccc(/C=C/[CH-][C@@H](C)CCCC(C)=O)c1.[OH-].[OH-].[OH-].[OH-].[OH-].[Rb+].[Rb+].[Rb+].[Rb+].[Rb+].[W].[W].[W].[W].[W]. The molecule has 0 heterocycles. The Labute approximate surface area is 1080 Å². The van der Waals surface area contributed by atoms with Gasteiger partial charge in [-0.3, -0.25) is 0 Å². The van der Waals surface area contributed by atoms with Crippen molar-refractivity contribution >= 4 is 89.7 Å². The van der Waals surface area contributed by atoms with Gasteiger partial charge in [-0.1, -0.05) is 283 Å². The zero-order chi connectivity index (χ0) is 81.9. The average Bonchev–Trinajstić information content (AvgIpc) is 0.926. The van der Waals surface area contributed by atoms with E-state index < -0.39 is 0 Å². The maximum absolute atomic E-state index is 10.9. The van der Waals surface area contributed by atoms with Gasteiger partial charge in [-0.15, -0.1) is 58.2 Å². The Balaban J connectivity index is -0.0000000904. The van der Waals surface area contributed by atoms with Crippen LogP contribution >= 0.6 is 0 Å². The fraction of sp³-hybridized carbons (Fsp3) is 0.381. The van der Waals surface area contributed by atoms with Gasteiger partial charge in [0.2, 0.25) is 0 Å². The molecule has 5 N–H and O–H groups in total. The zero-order valence-corrected chi connectivity index (χ0v) is 119. The quantitative estimate of drug-likeness (QED) is 0.0334. The van der Waals surface area contributed by atoms with E-state index in [0.717, 1.165) is 64.2 Å². The zero-order valence-electron chi connectivity index (χ0n) is 79.7. The number of hydrogen-bond donors (Lipinski definition) is 0. The Kier molecular flexibility index (Phi) is 138. The second kappa shape index (κ2) is 106. The van der Waals surface area contributed by atoms with Crippen LogP contribution in [0.1, 0.15) is 256 Å². The first kappa shape index (κ1) is 162. The number of carbonyl (C=O) groups excluding carboxylic acids is 5. The van der Waals surface area contributed by atoms with Gasteiger partial charge in [-0.25, -0.2) is 92.9 Å². The molecule has 0 fully saturated rings. The number of ketones is 5. The number of allylic oxidation sites excluding steroid dienone is 10. The predicted molar refractivity (Wildman–Crippen MR) is 495 cm³/mol. The van der Waals surface area contributed by atoms with Gasteiger partial charge in [-0.05, 0) is 94.5 Å². The van der Waals surface area contributed by atoms with E-state index in [9.17, 15) is 24.0 Å². The van der Waals surface area contributed by atoms with Crippen LogP contribution in [0.2, 0.25) is 0 Å². The van der Waals surface area contributed by atoms with E-state index in [1.807, 2.05) is 0 Å². The standard InChI is InChI=1S/5C21H28O.5H2O.5Rb.5W/c4*1-17(2)14-15-21-13-7-12-20(16-21)11-6-9-18(3)8-5-10-19(4)22;1-17(2)11-12-21-15-13-20(14-16-21)10-6-8-18(3)7-5-9-19(4)22;;;;;;;;;;;;;;;/h4*6-7,9,11-18H,1,5,8,10H2,2-4H3;6,8,10-18H,1,5,7,9H2,2-4H3;5*1H2;;;;;;;;;;/q5*-2;;;;;;5*+1;;;;;/p-5/b4*11-6+,15-14+;10-6+,12-11+;;;;;;;;;;;;;;;/t2*17-,18+;3*17-,18-;;;;;;;;;;;;;;;/m11000.............../s1. The second-order valence-electron chi connectivity index (χ2n) is 30.6. The summed E-state index contributed by atoms with van der Waals surface area (Å²) in [5.74, 6) is 5.56. The van der Waals surface area contributed by atoms with E-state index >= 15 is 0 Å². The smallest absolute Gasteiger partial charge is 0.870 e. The van der Waals surface area contributed by atoms with Crippen LogP contribution in [-0.4, -0.2) is 56.3 Å². The third-order valence-corrected chi connectivity index (χ3v) is 17.2. The van der Waals surface area contributed by atoms with Crippen LogP contribution in [0.15, 0.2) is 182 Å². The monoisotopic (exact) mass is 2910 g/mol. The molecule has 0 aliphatic carbocycles. The van der Waals surface area contributed by atoms with Gasteiger partial charge >= 0.3 is 291 Å². The number of Topliss-reactive ketones (excluding diaryl/α,β-unsaturated/α-hetero) is 5. The molecule has 10 nitrogen and oxygen atoms in total. The molecule has 0 radical (unpaired) electrons. The van der Waals surface area contributed by atoms with E-state index in [0.29, 0.717) is 91.3 Å². The van der Waals surface area contributed by atoms with Gasteiger partial charge in [0.1, 0.15) is 28.9 Å². The predicted octanol–water partition coefficient (Wildman–Crippen LogP) is 13.0. The van der Waals surface area contributed by atoms with Crippen LogP contribution in [0, 0.1) is 126 Å². The van der Waals surface area contributed by atoms with Crippen molar-refractivity contribution in [2.75, 3.05) is 0 Å². The molecule has 0 bridgehead atoms. The first-order valence-electron chi connectivity index (χ1n) is 40.5. The molecular formula is C105H145O10Rb5W5-10. The van der Waals surface area contributed by atoms with Crippen molar-refractivity contribution in [3.63, 3.8) is 0 Å². The summed E-state index contributed by atoms with van der Waals surface area (Å²) in [4.78, 5) is 54.6. The molecule has 125 heavy (non-hydrogen) atoms. The van der Waals surface area contributed by atoms with E-state index in [-0.39, 0.29) is 453 Å². The molecule has 10 atom stereocenters. The Morgan fingerprint density at radius 2 is 0.384 bits per heavy atom. The van der Waals surface area contributed by atoms with Crippen LogP contribution < -0.4 is 291 Å². The first-order valence-corrected chi connectivity index (χ1v) is 40.5. The van der Waals surface area contributed by atoms with Crippen molar-refractivity contribution < 1.29 is 448 Å². The Morgan fingerprint density at radius 3 is 0.536 bits per heavy atom. The van der Waals surface area contributed by atoms with E-state index in [1.165, 1.54) is 55.6 Å². The van der Waals surface area contributed by atoms with Gasteiger partial charge in [-0.2, -0.15) is 29.6 Å².